The third-order valence-corrected chi connectivity index (χ3v) is 9.52. The van der Waals surface area contributed by atoms with Crippen molar-refractivity contribution >= 4 is 23.0 Å². The summed E-state index contributed by atoms with van der Waals surface area (Å²) in [6.07, 6.45) is 6.37. The number of anilines is 4. The third-order valence-electron chi connectivity index (χ3n) is 9.52. The number of hydrogen-bond acceptors (Lipinski definition) is 9. The molecule has 9 heteroatoms. The number of hydrogen-bond donors (Lipinski definition) is 1. The zero-order valence-corrected chi connectivity index (χ0v) is 24.2. The topological polar surface area (TPSA) is 69.2 Å². The fourth-order valence-corrected chi connectivity index (χ4v) is 6.83. The molecule has 1 aliphatic carbocycles. The number of nitrogens with one attached hydrogen (secondary N) is 1. The third kappa shape index (κ3) is 5.34. The molecule has 1 atom stereocenters. The number of ether oxygens (including phenoxy) is 1. The van der Waals surface area contributed by atoms with E-state index in [1.165, 1.54) is 63.1 Å². The summed E-state index contributed by atoms with van der Waals surface area (Å²) in [6.45, 7) is 7.61. The molecule has 4 fully saturated rings. The number of benzene rings is 2. The zero-order chi connectivity index (χ0) is 27.8. The predicted molar refractivity (Wildman–Crippen MR) is 162 cm³/mol. The summed E-state index contributed by atoms with van der Waals surface area (Å²) in [4.78, 5) is 23.0. The molecule has 0 amide bonds. The molecule has 3 saturated heterocycles. The van der Waals surface area contributed by atoms with Gasteiger partial charge in [0.2, 0.25) is 0 Å². The van der Waals surface area contributed by atoms with E-state index in [9.17, 15) is 0 Å². The first kappa shape index (κ1) is 26.5. The number of piperazine rings is 1. The van der Waals surface area contributed by atoms with E-state index in [4.69, 9.17) is 9.57 Å². The van der Waals surface area contributed by atoms with Crippen LogP contribution in [-0.4, -0.2) is 85.8 Å². The molecule has 4 heterocycles. The molecule has 216 valence electrons. The molecule has 1 aromatic heterocycles. The molecule has 1 saturated carbocycles. The molecular weight excluding hydrogens is 514 g/mol. The summed E-state index contributed by atoms with van der Waals surface area (Å²) in [5.41, 5.74) is 3.53. The van der Waals surface area contributed by atoms with Crippen molar-refractivity contribution in [3.8, 4) is 5.75 Å². The molecule has 3 aromatic rings. The Kier molecular flexibility index (Phi) is 7.18. The lowest BCUT2D eigenvalue weighted by Crippen LogP contribution is -2.52. The van der Waals surface area contributed by atoms with Crippen molar-refractivity contribution in [3.05, 3.63) is 66.5 Å². The Hall–Kier alpha value is -3.40. The van der Waals surface area contributed by atoms with Crippen LogP contribution in [0.25, 0.3) is 0 Å². The molecule has 4 aliphatic rings. The average molecular weight is 556 g/mol. The smallest absolute Gasteiger partial charge is 0.158 e. The van der Waals surface area contributed by atoms with E-state index in [0.717, 1.165) is 37.0 Å². The Balaban J connectivity index is 1.04. The fraction of sp³-hybridized carbons (Fsp3) is 0.500. The Labute approximate surface area is 243 Å². The molecule has 41 heavy (non-hydrogen) atoms. The van der Waals surface area contributed by atoms with Crippen molar-refractivity contribution in [2.24, 2.45) is 5.41 Å². The van der Waals surface area contributed by atoms with Crippen LogP contribution in [-0.2, 0) is 4.84 Å². The first-order valence-corrected chi connectivity index (χ1v) is 15.0. The normalized spacial score (nSPS) is 23.2. The van der Waals surface area contributed by atoms with Gasteiger partial charge in [0, 0.05) is 68.5 Å². The summed E-state index contributed by atoms with van der Waals surface area (Å²) >= 11 is 0. The highest BCUT2D eigenvalue weighted by Crippen LogP contribution is 2.61. The number of nitrogens with zero attached hydrogens (tertiary/aromatic N) is 6. The molecule has 9 nitrogen and oxygen atoms in total. The van der Waals surface area contributed by atoms with Gasteiger partial charge in [-0.3, -0.25) is 9.74 Å². The highest BCUT2D eigenvalue weighted by Gasteiger charge is 2.58. The Morgan fingerprint density at radius 2 is 1.71 bits per heavy atom. The number of rotatable bonds is 7. The highest BCUT2D eigenvalue weighted by molar-refractivity contribution is 5.70. The van der Waals surface area contributed by atoms with Gasteiger partial charge in [-0.25, -0.2) is 15.0 Å². The van der Waals surface area contributed by atoms with Crippen LogP contribution in [0.3, 0.4) is 0 Å². The van der Waals surface area contributed by atoms with Crippen LogP contribution < -0.4 is 20.0 Å². The lowest BCUT2D eigenvalue weighted by Gasteiger charge is -2.42. The molecule has 7 rings (SSSR count). The first-order chi connectivity index (χ1) is 20.1. The van der Waals surface area contributed by atoms with E-state index in [1.54, 1.807) is 13.4 Å². The molecule has 0 unspecified atom stereocenters. The van der Waals surface area contributed by atoms with Gasteiger partial charge in [-0.05, 0) is 50.4 Å². The summed E-state index contributed by atoms with van der Waals surface area (Å²) in [6, 6.07) is 19.9. The van der Waals surface area contributed by atoms with Crippen molar-refractivity contribution < 1.29 is 9.57 Å². The lowest BCUT2D eigenvalue weighted by molar-refractivity contribution is 0.0982. The Morgan fingerprint density at radius 3 is 2.44 bits per heavy atom. The van der Waals surface area contributed by atoms with E-state index in [-0.39, 0.29) is 11.5 Å². The van der Waals surface area contributed by atoms with Gasteiger partial charge >= 0.3 is 0 Å². The van der Waals surface area contributed by atoms with Crippen LogP contribution in [0.4, 0.5) is 23.0 Å². The van der Waals surface area contributed by atoms with Crippen molar-refractivity contribution in [3.63, 3.8) is 0 Å². The molecule has 0 radical (unpaired) electrons. The lowest BCUT2D eigenvalue weighted by atomic mass is 9.91. The number of likely N-dealkylation sites (N-methyl/N-ethyl adjacent to an activating group) is 1. The number of aromatic nitrogens is 2. The number of piperidine rings is 1. The second kappa shape index (κ2) is 11.1. The molecular formula is C32H41N7O2. The maximum Gasteiger partial charge on any atom is 0.158 e. The van der Waals surface area contributed by atoms with E-state index in [1.807, 2.05) is 11.1 Å². The molecule has 0 bridgehead atoms. The maximum absolute atomic E-state index is 6.25. The SMILES string of the molecule is COc1cc(N2CCC(N3CCN(C)CC3)CC2)ccc1Nc1cc(N2OCC3(CC3)[C@H]2c2ccccc2)ncn1. The van der Waals surface area contributed by atoms with Crippen LogP contribution in [0.5, 0.6) is 5.75 Å². The minimum absolute atomic E-state index is 0.153. The van der Waals surface area contributed by atoms with Crippen molar-refractivity contribution in [2.45, 2.75) is 37.8 Å². The van der Waals surface area contributed by atoms with Gasteiger partial charge in [0.05, 0.1) is 25.4 Å². The quantitative estimate of drug-likeness (QED) is 0.446. The van der Waals surface area contributed by atoms with E-state index in [0.29, 0.717) is 11.9 Å². The van der Waals surface area contributed by atoms with Crippen LogP contribution in [0.1, 0.15) is 37.3 Å². The Bertz CT molecular complexity index is 1330. The first-order valence-electron chi connectivity index (χ1n) is 15.0. The van der Waals surface area contributed by atoms with Gasteiger partial charge in [-0.2, -0.15) is 0 Å². The van der Waals surface area contributed by atoms with Gasteiger partial charge < -0.3 is 19.9 Å². The van der Waals surface area contributed by atoms with Crippen LogP contribution >= 0.6 is 0 Å². The predicted octanol–water partition coefficient (Wildman–Crippen LogP) is 4.72. The van der Waals surface area contributed by atoms with Crippen molar-refractivity contribution in [1.82, 2.24) is 19.8 Å². The molecule has 1 N–H and O–H groups in total. The highest BCUT2D eigenvalue weighted by atomic mass is 16.7. The van der Waals surface area contributed by atoms with Gasteiger partial charge in [0.25, 0.3) is 0 Å². The van der Waals surface area contributed by atoms with Gasteiger partial charge in [-0.1, -0.05) is 30.3 Å². The van der Waals surface area contributed by atoms with Gasteiger partial charge in [-0.15, -0.1) is 0 Å². The summed E-state index contributed by atoms with van der Waals surface area (Å²) in [5.74, 6) is 2.28. The fourth-order valence-electron chi connectivity index (χ4n) is 6.83. The zero-order valence-electron chi connectivity index (χ0n) is 24.2. The van der Waals surface area contributed by atoms with E-state index >= 15 is 0 Å². The van der Waals surface area contributed by atoms with E-state index in [2.05, 4.69) is 85.6 Å². The number of methoxy groups -OCH3 is 1. The van der Waals surface area contributed by atoms with E-state index < -0.39 is 0 Å². The van der Waals surface area contributed by atoms with Crippen LogP contribution in [0, 0.1) is 5.41 Å². The number of hydroxylamine groups is 1. The molecule has 3 aliphatic heterocycles. The van der Waals surface area contributed by atoms with Crippen LogP contribution in [0.15, 0.2) is 60.9 Å². The Morgan fingerprint density at radius 1 is 0.927 bits per heavy atom. The second-order valence-corrected chi connectivity index (χ2v) is 12.1. The van der Waals surface area contributed by atoms with Gasteiger partial charge in [0.15, 0.2) is 5.82 Å². The second-order valence-electron chi connectivity index (χ2n) is 12.1. The molecule has 1 spiro atoms. The van der Waals surface area contributed by atoms with Crippen LogP contribution in [0.2, 0.25) is 0 Å². The largest absolute Gasteiger partial charge is 0.494 e. The minimum Gasteiger partial charge on any atom is -0.494 e. The summed E-state index contributed by atoms with van der Waals surface area (Å²) in [7, 11) is 3.95. The standard InChI is InChI=1S/C32H41N7O2/c1-36-16-18-38(19-17-36)25-10-14-37(15-11-25)26-8-9-27(28(20-26)40-2)35-29-21-30(34-23-33-29)39-31(24-6-4-3-5-7-24)32(12-13-32)22-41-39/h3-9,20-21,23,25,31H,10-19,22H2,1-2H3,(H,33,34,35)/t31-/m1/s1. The minimum atomic E-state index is 0.153. The monoisotopic (exact) mass is 555 g/mol. The summed E-state index contributed by atoms with van der Waals surface area (Å²) < 4.78 is 5.84. The molecule has 2 aromatic carbocycles. The van der Waals surface area contributed by atoms with Crippen molar-refractivity contribution in [1.29, 1.82) is 0 Å². The van der Waals surface area contributed by atoms with Gasteiger partial charge in [0.1, 0.15) is 17.9 Å². The average Bonchev–Trinajstić information content (AvgIpc) is 3.70. The maximum atomic E-state index is 6.25. The van der Waals surface area contributed by atoms with Crippen molar-refractivity contribution in [2.75, 3.05) is 75.3 Å². The summed E-state index contributed by atoms with van der Waals surface area (Å²) in [5, 5.41) is 5.46.